The molecular formula is C22H25OS. The Morgan fingerprint density at radius 3 is 2.00 bits per heavy atom. The van der Waals surface area contributed by atoms with Crippen molar-refractivity contribution in [2.75, 3.05) is 0 Å². The number of hydrogen-bond acceptors (Lipinski definition) is 2. The first-order valence-electron chi connectivity index (χ1n) is 8.55. The van der Waals surface area contributed by atoms with E-state index < -0.39 is 0 Å². The highest BCUT2D eigenvalue weighted by Crippen LogP contribution is 2.48. The maximum Gasteiger partial charge on any atom is 0.233 e. The molecule has 1 nitrogen and oxygen atoms in total. The summed E-state index contributed by atoms with van der Waals surface area (Å²) in [6.07, 6.45) is 4.40. The van der Waals surface area contributed by atoms with Gasteiger partial charge in [-0.05, 0) is 77.6 Å². The Bertz CT molecular complexity index is 769. The zero-order chi connectivity index (χ0) is 17.5. The molecule has 2 heteroatoms. The molecule has 125 valence electrons. The van der Waals surface area contributed by atoms with Gasteiger partial charge in [0.15, 0.2) is 0 Å². The highest BCUT2D eigenvalue weighted by Gasteiger charge is 2.37. The molecule has 2 aromatic carbocycles. The lowest BCUT2D eigenvalue weighted by atomic mass is 9.63. The predicted molar refractivity (Wildman–Crippen MR) is 102 cm³/mol. The Morgan fingerprint density at radius 2 is 1.46 bits per heavy atom. The van der Waals surface area contributed by atoms with Crippen molar-refractivity contribution >= 4 is 18.0 Å². The molecule has 1 aliphatic carbocycles. The van der Waals surface area contributed by atoms with Crippen LogP contribution in [0.1, 0.15) is 62.8 Å². The maximum absolute atomic E-state index is 10.7. The Morgan fingerprint density at radius 1 is 0.917 bits per heavy atom. The van der Waals surface area contributed by atoms with Crippen LogP contribution in [0, 0.1) is 6.92 Å². The monoisotopic (exact) mass is 337 g/mol. The minimum Gasteiger partial charge on any atom is -0.285 e. The summed E-state index contributed by atoms with van der Waals surface area (Å²) in [7, 11) is 0. The van der Waals surface area contributed by atoms with Crippen LogP contribution < -0.4 is 0 Å². The first-order valence-corrected chi connectivity index (χ1v) is 9.36. The van der Waals surface area contributed by atoms with Gasteiger partial charge in [0.05, 0.1) is 0 Å². The number of carbonyl (C=O) groups excluding carboxylic acids is 1. The smallest absolute Gasteiger partial charge is 0.233 e. The minimum atomic E-state index is 0.226. The van der Waals surface area contributed by atoms with E-state index in [1.807, 2.05) is 30.6 Å². The molecule has 0 heterocycles. The van der Waals surface area contributed by atoms with Crippen LogP contribution in [0.4, 0.5) is 0 Å². The van der Waals surface area contributed by atoms with E-state index in [4.69, 9.17) is 0 Å². The van der Waals surface area contributed by atoms with Gasteiger partial charge in [-0.15, -0.1) is 0 Å². The van der Waals surface area contributed by atoms with E-state index in [1.54, 1.807) is 11.8 Å². The summed E-state index contributed by atoms with van der Waals surface area (Å²) >= 11 is 1.78. The van der Waals surface area contributed by atoms with Crippen LogP contribution in [0.25, 0.3) is 0 Å². The van der Waals surface area contributed by atoms with Gasteiger partial charge in [-0.2, -0.15) is 0 Å². The van der Waals surface area contributed by atoms with Crippen molar-refractivity contribution in [2.24, 2.45) is 0 Å². The summed E-state index contributed by atoms with van der Waals surface area (Å²) in [4.78, 5) is 13.2. The van der Waals surface area contributed by atoms with Crippen LogP contribution in [0.5, 0.6) is 0 Å². The van der Waals surface area contributed by atoms with Crippen molar-refractivity contribution in [3.63, 3.8) is 0 Å². The highest BCUT2D eigenvalue weighted by atomic mass is 32.2. The van der Waals surface area contributed by atoms with Crippen molar-refractivity contribution in [3.05, 3.63) is 58.7 Å². The maximum atomic E-state index is 10.7. The van der Waals surface area contributed by atoms with Crippen molar-refractivity contribution in [1.29, 1.82) is 0 Å². The van der Waals surface area contributed by atoms with Gasteiger partial charge in [-0.3, -0.25) is 4.79 Å². The van der Waals surface area contributed by atoms with Crippen LogP contribution in [-0.2, 0) is 15.6 Å². The van der Waals surface area contributed by atoms with Crippen LogP contribution in [0.15, 0.2) is 46.2 Å². The summed E-state index contributed by atoms with van der Waals surface area (Å²) in [6.45, 7) is 11.6. The van der Waals surface area contributed by atoms with Crippen LogP contribution in [0.3, 0.4) is 0 Å². The lowest BCUT2D eigenvalue weighted by Crippen LogP contribution is -2.34. The third-order valence-electron chi connectivity index (χ3n) is 5.35. The quantitative estimate of drug-likeness (QED) is 0.688. The third kappa shape index (κ3) is 3.17. The van der Waals surface area contributed by atoms with Crippen molar-refractivity contribution in [2.45, 2.75) is 68.1 Å². The number of rotatable bonds is 3. The molecule has 0 atom stereocenters. The average Bonchev–Trinajstić information content (AvgIpc) is 2.54. The molecule has 1 aliphatic rings. The van der Waals surface area contributed by atoms with Crippen molar-refractivity contribution < 1.29 is 4.79 Å². The second-order valence-electron chi connectivity index (χ2n) is 8.16. The molecule has 0 amide bonds. The molecule has 2 aromatic rings. The summed E-state index contributed by atoms with van der Waals surface area (Å²) in [5.41, 5.74) is 5.40. The van der Waals surface area contributed by atoms with Crippen LogP contribution in [0.2, 0.25) is 0 Å². The van der Waals surface area contributed by atoms with Gasteiger partial charge in [0.1, 0.15) is 0 Å². The molecular weight excluding hydrogens is 312 g/mol. The molecule has 3 rings (SSSR count). The molecule has 0 unspecified atom stereocenters. The average molecular weight is 338 g/mol. The van der Waals surface area contributed by atoms with E-state index >= 15 is 0 Å². The lowest BCUT2D eigenvalue weighted by Gasteiger charge is -2.42. The highest BCUT2D eigenvalue weighted by molar-refractivity contribution is 7.99. The minimum absolute atomic E-state index is 0.226. The third-order valence-corrected chi connectivity index (χ3v) is 6.52. The van der Waals surface area contributed by atoms with Gasteiger partial charge in [0.25, 0.3) is 0 Å². The van der Waals surface area contributed by atoms with E-state index in [9.17, 15) is 4.79 Å². The van der Waals surface area contributed by atoms with E-state index in [0.29, 0.717) is 5.56 Å². The number of hydrogen-bond donors (Lipinski definition) is 0. The standard InChI is InChI=1S/C22H25OS/c1-15-12-18-19(22(4,5)11-10-21(18,2)3)13-20(15)24-17-8-6-16(14-23)7-9-17/h6-9,12-13H,10-11H2,1-5H3. The predicted octanol–water partition coefficient (Wildman–Crippen LogP) is 5.95. The molecule has 0 saturated carbocycles. The van der Waals surface area contributed by atoms with Crippen LogP contribution >= 0.6 is 11.8 Å². The summed E-state index contributed by atoms with van der Waals surface area (Å²) in [6, 6.07) is 12.5. The van der Waals surface area contributed by atoms with E-state index in [2.05, 4.69) is 46.8 Å². The van der Waals surface area contributed by atoms with Gasteiger partial charge in [-0.25, -0.2) is 0 Å². The summed E-state index contributed by atoms with van der Waals surface area (Å²) in [5.74, 6) is 0. The first kappa shape index (κ1) is 17.3. The van der Waals surface area contributed by atoms with Gasteiger partial charge < -0.3 is 0 Å². The zero-order valence-electron chi connectivity index (χ0n) is 15.2. The van der Waals surface area contributed by atoms with Gasteiger partial charge >= 0.3 is 0 Å². The topological polar surface area (TPSA) is 17.1 Å². The molecule has 0 aliphatic heterocycles. The second-order valence-corrected chi connectivity index (χ2v) is 9.27. The van der Waals surface area contributed by atoms with E-state index in [1.165, 1.54) is 34.4 Å². The molecule has 0 N–H and O–H groups in total. The molecule has 24 heavy (non-hydrogen) atoms. The molecule has 0 spiro atoms. The first-order chi connectivity index (χ1) is 11.2. The number of benzene rings is 2. The molecule has 0 saturated heterocycles. The number of fused-ring (bicyclic) bond motifs is 1. The van der Waals surface area contributed by atoms with E-state index in [-0.39, 0.29) is 10.8 Å². The Labute approximate surface area is 149 Å². The fourth-order valence-corrected chi connectivity index (χ4v) is 4.45. The molecule has 0 fully saturated rings. The Balaban J connectivity index is 2.02. The number of aryl methyl sites for hydroxylation is 1. The lowest BCUT2D eigenvalue weighted by molar-refractivity contribution is 0.331. The SMILES string of the molecule is Cc1cc2c(cc1Sc1ccc([C]=O)cc1)C(C)(C)CCC2(C)C. The van der Waals surface area contributed by atoms with Gasteiger partial charge in [0.2, 0.25) is 6.29 Å². The van der Waals surface area contributed by atoms with Gasteiger partial charge in [0, 0.05) is 15.4 Å². The summed E-state index contributed by atoms with van der Waals surface area (Å²) in [5, 5.41) is 0. The second kappa shape index (κ2) is 6.07. The fraction of sp³-hybridized carbons (Fsp3) is 0.409. The molecule has 0 bridgehead atoms. The van der Waals surface area contributed by atoms with Gasteiger partial charge in [-0.1, -0.05) is 45.5 Å². The Hall–Kier alpha value is -1.54. The van der Waals surface area contributed by atoms with Crippen molar-refractivity contribution in [1.82, 2.24) is 0 Å². The Kier molecular flexibility index (Phi) is 4.37. The molecule has 0 aromatic heterocycles. The normalized spacial score (nSPS) is 18.0. The van der Waals surface area contributed by atoms with Crippen molar-refractivity contribution in [3.8, 4) is 0 Å². The van der Waals surface area contributed by atoms with Crippen LogP contribution in [-0.4, -0.2) is 6.29 Å². The zero-order valence-corrected chi connectivity index (χ0v) is 16.0. The molecule has 1 radical (unpaired) electrons. The van der Waals surface area contributed by atoms with E-state index in [0.717, 1.165) is 4.90 Å². The largest absolute Gasteiger partial charge is 0.285 e. The summed E-state index contributed by atoms with van der Waals surface area (Å²) < 4.78 is 0. The fourth-order valence-electron chi connectivity index (χ4n) is 3.53.